The third-order valence-corrected chi connectivity index (χ3v) is 5.83. The van der Waals surface area contributed by atoms with Crippen LogP contribution in [0.1, 0.15) is 23.2 Å². The van der Waals surface area contributed by atoms with E-state index in [0.29, 0.717) is 16.3 Å². The van der Waals surface area contributed by atoms with Gasteiger partial charge in [-0.05, 0) is 37.1 Å². The van der Waals surface area contributed by atoms with Crippen molar-refractivity contribution >= 4 is 39.1 Å². The molecule has 1 aromatic rings. The normalized spacial score (nSPS) is 21.3. The van der Waals surface area contributed by atoms with Gasteiger partial charge in [0.25, 0.3) is 5.91 Å². The summed E-state index contributed by atoms with van der Waals surface area (Å²) >= 11 is 6.09. The molecule has 1 fully saturated rings. The molecule has 0 aliphatic carbocycles. The minimum absolute atomic E-state index is 0.0950. The Balaban J connectivity index is 1.67. The number of halogens is 1. The molecule has 0 saturated carbocycles. The molecule has 2 heterocycles. The molecule has 2 N–H and O–H groups in total. The van der Waals surface area contributed by atoms with Gasteiger partial charge in [-0.3, -0.25) is 4.79 Å². The van der Waals surface area contributed by atoms with Gasteiger partial charge in [0.1, 0.15) is 0 Å². The van der Waals surface area contributed by atoms with Crippen LogP contribution in [0, 0.1) is 0 Å². The van der Waals surface area contributed by atoms with Crippen LogP contribution in [0.25, 0.3) is 0 Å². The zero-order chi connectivity index (χ0) is 18.0. The number of hydrogen-bond donors (Lipinski definition) is 2. The molecule has 134 valence electrons. The van der Waals surface area contributed by atoms with E-state index in [1.807, 2.05) is 0 Å². The highest BCUT2D eigenvalue weighted by Gasteiger charge is 2.24. The van der Waals surface area contributed by atoms with E-state index in [4.69, 9.17) is 11.6 Å². The summed E-state index contributed by atoms with van der Waals surface area (Å²) in [7, 11) is -3.25. The summed E-state index contributed by atoms with van der Waals surface area (Å²) in [6, 6.07) is 3.54. The van der Waals surface area contributed by atoms with Crippen LogP contribution in [0.5, 0.6) is 0 Å². The van der Waals surface area contributed by atoms with Crippen LogP contribution in [0.2, 0.25) is 5.02 Å². The Morgan fingerprint density at radius 1 is 1.20 bits per heavy atom. The summed E-state index contributed by atoms with van der Waals surface area (Å²) in [5.41, 5.74) is 0.749. The van der Waals surface area contributed by atoms with E-state index < -0.39 is 21.9 Å². The number of benzene rings is 1. The molecule has 2 aliphatic heterocycles. The Morgan fingerprint density at radius 3 is 2.56 bits per heavy atom. The minimum atomic E-state index is -3.25. The van der Waals surface area contributed by atoms with Crippen LogP contribution >= 0.6 is 11.6 Å². The first-order valence-corrected chi connectivity index (χ1v) is 10.0. The molecule has 1 saturated heterocycles. The van der Waals surface area contributed by atoms with Crippen molar-refractivity contribution in [1.29, 1.82) is 0 Å². The molecule has 1 atom stereocenters. The maximum atomic E-state index is 12.4. The number of anilines is 1. The van der Waals surface area contributed by atoms with Gasteiger partial charge in [0.2, 0.25) is 0 Å². The van der Waals surface area contributed by atoms with Crippen LogP contribution in [0.15, 0.2) is 29.7 Å². The summed E-state index contributed by atoms with van der Waals surface area (Å²) < 4.78 is 22.7. The zero-order valence-corrected chi connectivity index (χ0v) is 14.9. The number of hydrogen-bond acceptors (Lipinski definition) is 4. The van der Waals surface area contributed by atoms with Crippen molar-refractivity contribution in [2.45, 2.75) is 18.9 Å². The van der Waals surface area contributed by atoms with E-state index in [1.54, 1.807) is 17.0 Å². The smallest absolute Gasteiger partial charge is 0.319 e. The number of nitrogens with zero attached hydrogens (tertiary/aromatic N) is 1. The topological polar surface area (TPSA) is 95.6 Å². The van der Waals surface area contributed by atoms with Crippen molar-refractivity contribution in [1.82, 2.24) is 10.2 Å². The largest absolute Gasteiger partial charge is 0.339 e. The van der Waals surface area contributed by atoms with Gasteiger partial charge in [0, 0.05) is 24.1 Å². The highest BCUT2D eigenvalue weighted by Crippen LogP contribution is 2.24. The minimum Gasteiger partial charge on any atom is -0.339 e. The second kappa shape index (κ2) is 7.05. The molecule has 2 aliphatic rings. The number of likely N-dealkylation sites (tertiary alicyclic amines) is 1. The van der Waals surface area contributed by atoms with Gasteiger partial charge >= 0.3 is 6.03 Å². The van der Waals surface area contributed by atoms with Crippen molar-refractivity contribution in [3.63, 3.8) is 0 Å². The molecule has 7 nitrogen and oxygen atoms in total. The number of sulfone groups is 1. The Kier molecular flexibility index (Phi) is 5.01. The predicted octanol–water partition coefficient (Wildman–Crippen LogP) is 2.01. The second-order valence-electron chi connectivity index (χ2n) is 6.06. The molecular weight excluding hydrogens is 366 g/mol. The Labute approximate surface area is 150 Å². The lowest BCUT2D eigenvalue weighted by molar-refractivity contribution is 0.0793. The molecule has 1 aromatic carbocycles. The number of rotatable bonds is 3. The number of urea groups is 1. The Morgan fingerprint density at radius 2 is 1.92 bits per heavy atom. The maximum Gasteiger partial charge on any atom is 0.319 e. The van der Waals surface area contributed by atoms with Gasteiger partial charge in [-0.15, -0.1) is 0 Å². The third-order valence-electron chi connectivity index (χ3n) is 4.10. The summed E-state index contributed by atoms with van der Waals surface area (Å²) in [6.45, 7) is 1.46. The van der Waals surface area contributed by atoms with Crippen LogP contribution in [-0.4, -0.2) is 50.1 Å². The van der Waals surface area contributed by atoms with E-state index in [2.05, 4.69) is 10.6 Å². The summed E-state index contributed by atoms with van der Waals surface area (Å²) in [6.07, 6.45) is 3.40. The highest BCUT2D eigenvalue weighted by molar-refractivity contribution is 7.94. The predicted molar refractivity (Wildman–Crippen MR) is 95.5 cm³/mol. The van der Waals surface area contributed by atoms with Crippen molar-refractivity contribution in [3.05, 3.63) is 40.3 Å². The third kappa shape index (κ3) is 4.32. The lowest BCUT2D eigenvalue weighted by Gasteiger charge is -2.17. The first-order chi connectivity index (χ1) is 11.8. The standard InChI is InChI=1S/C16H18ClN3O4S/c17-13-4-3-11(15(21)20-6-1-2-7-20)9-14(13)19-16(22)18-12-5-8-25(23,24)10-12/h3-5,8-9,12H,1-2,6-7,10H2,(H2,18,19,22)/t12-/m1/s1. The first-order valence-electron chi connectivity index (χ1n) is 7.91. The van der Waals surface area contributed by atoms with Crippen LogP contribution in [-0.2, 0) is 9.84 Å². The fourth-order valence-corrected chi connectivity index (χ4v) is 4.25. The van der Waals surface area contributed by atoms with E-state index in [1.165, 1.54) is 12.1 Å². The summed E-state index contributed by atoms with van der Waals surface area (Å²) in [4.78, 5) is 26.3. The number of carbonyl (C=O) groups excluding carboxylic acids is 2. The average molecular weight is 384 g/mol. The van der Waals surface area contributed by atoms with Crippen LogP contribution in [0.3, 0.4) is 0 Å². The molecule has 3 amide bonds. The maximum absolute atomic E-state index is 12.4. The molecule has 3 rings (SSSR count). The highest BCUT2D eigenvalue weighted by atomic mass is 35.5. The van der Waals surface area contributed by atoms with E-state index in [-0.39, 0.29) is 11.7 Å². The molecule has 0 aromatic heterocycles. The summed E-state index contributed by atoms with van der Waals surface area (Å²) in [5, 5.41) is 6.49. The Hall–Kier alpha value is -2.06. The van der Waals surface area contributed by atoms with Crippen molar-refractivity contribution in [3.8, 4) is 0 Å². The molecule has 0 radical (unpaired) electrons. The molecule has 0 unspecified atom stereocenters. The average Bonchev–Trinajstić information content (AvgIpc) is 3.18. The van der Waals surface area contributed by atoms with Gasteiger partial charge < -0.3 is 15.5 Å². The second-order valence-corrected chi connectivity index (χ2v) is 8.40. The van der Waals surface area contributed by atoms with Crippen LogP contribution in [0.4, 0.5) is 10.5 Å². The van der Waals surface area contributed by atoms with Gasteiger partial charge in [0.05, 0.1) is 22.5 Å². The molecule has 0 bridgehead atoms. The number of carbonyl (C=O) groups is 2. The fraction of sp³-hybridized carbons (Fsp3) is 0.375. The van der Waals surface area contributed by atoms with E-state index in [0.717, 1.165) is 31.3 Å². The first kappa shape index (κ1) is 17.8. The van der Waals surface area contributed by atoms with Crippen LogP contribution < -0.4 is 10.6 Å². The van der Waals surface area contributed by atoms with E-state index >= 15 is 0 Å². The van der Waals surface area contributed by atoms with Gasteiger partial charge in [0.15, 0.2) is 9.84 Å². The zero-order valence-electron chi connectivity index (χ0n) is 13.4. The molecule has 0 spiro atoms. The number of amides is 3. The van der Waals surface area contributed by atoms with Gasteiger partial charge in [-0.2, -0.15) is 0 Å². The number of nitrogens with one attached hydrogen (secondary N) is 2. The fourth-order valence-electron chi connectivity index (χ4n) is 2.85. The SMILES string of the molecule is O=C(Nc1cc(C(=O)N2CCCC2)ccc1Cl)N[C@@H]1C=CS(=O)(=O)C1. The monoisotopic (exact) mass is 383 g/mol. The quantitative estimate of drug-likeness (QED) is 0.834. The lowest BCUT2D eigenvalue weighted by atomic mass is 10.1. The van der Waals surface area contributed by atoms with Gasteiger partial charge in [-0.25, -0.2) is 13.2 Å². The van der Waals surface area contributed by atoms with Gasteiger partial charge in [-0.1, -0.05) is 11.6 Å². The van der Waals surface area contributed by atoms with E-state index in [9.17, 15) is 18.0 Å². The Bertz CT molecular complexity index is 832. The molecule has 9 heteroatoms. The van der Waals surface area contributed by atoms with Crippen molar-refractivity contribution in [2.75, 3.05) is 24.2 Å². The van der Waals surface area contributed by atoms with Crippen molar-refractivity contribution < 1.29 is 18.0 Å². The molecule has 25 heavy (non-hydrogen) atoms. The summed E-state index contributed by atoms with van der Waals surface area (Å²) in [5.74, 6) is -0.260. The lowest BCUT2D eigenvalue weighted by Crippen LogP contribution is -2.38. The van der Waals surface area contributed by atoms with Crippen molar-refractivity contribution in [2.24, 2.45) is 0 Å². The molecular formula is C16H18ClN3O4S.